The third-order valence-electron chi connectivity index (χ3n) is 3.30. The highest BCUT2D eigenvalue weighted by molar-refractivity contribution is 6.32. The van der Waals surface area contributed by atoms with Crippen LogP contribution in [-0.2, 0) is 11.2 Å². The molecule has 104 valence electrons. The second-order valence-corrected chi connectivity index (χ2v) is 5.12. The van der Waals surface area contributed by atoms with Crippen LogP contribution in [0.3, 0.4) is 0 Å². The second-order valence-electron chi connectivity index (χ2n) is 4.71. The lowest BCUT2D eigenvalue weighted by molar-refractivity contribution is -0.122. The van der Waals surface area contributed by atoms with Crippen molar-refractivity contribution in [2.24, 2.45) is 0 Å². The highest BCUT2D eigenvalue weighted by Crippen LogP contribution is 2.29. The van der Waals surface area contributed by atoms with Crippen molar-refractivity contribution in [1.82, 2.24) is 0 Å². The van der Waals surface area contributed by atoms with Crippen LogP contribution in [0.4, 0.5) is 5.69 Å². The first-order chi connectivity index (χ1) is 10.2. The van der Waals surface area contributed by atoms with Crippen LogP contribution < -0.4 is 10.1 Å². The van der Waals surface area contributed by atoms with Crippen LogP contribution in [0, 0.1) is 11.3 Å². The summed E-state index contributed by atoms with van der Waals surface area (Å²) in [5.74, 6) is 0.516. The van der Waals surface area contributed by atoms with Crippen molar-refractivity contribution in [3.63, 3.8) is 0 Å². The van der Waals surface area contributed by atoms with E-state index in [2.05, 4.69) is 5.32 Å². The number of rotatable bonds is 2. The average Bonchev–Trinajstić information content (AvgIpc) is 2.91. The Balaban J connectivity index is 1.71. The Labute approximate surface area is 126 Å². The minimum atomic E-state index is -0.545. The van der Waals surface area contributed by atoms with Crippen molar-refractivity contribution in [2.75, 3.05) is 5.32 Å². The van der Waals surface area contributed by atoms with Crippen LogP contribution in [0.2, 0.25) is 5.02 Å². The Morgan fingerprint density at radius 1 is 1.33 bits per heavy atom. The number of carbonyl (C=O) groups is 1. The number of halogens is 1. The van der Waals surface area contributed by atoms with Gasteiger partial charge in [0, 0.05) is 12.1 Å². The maximum absolute atomic E-state index is 12.2. The highest BCUT2D eigenvalue weighted by Gasteiger charge is 2.28. The average molecular weight is 299 g/mol. The molecule has 0 saturated heterocycles. The SMILES string of the molecule is N#Cc1ccc(NC(=O)C2Cc3ccccc3O2)cc1Cl. The maximum atomic E-state index is 12.2. The van der Waals surface area contributed by atoms with E-state index in [1.54, 1.807) is 18.2 Å². The van der Waals surface area contributed by atoms with E-state index in [0.29, 0.717) is 22.7 Å². The monoisotopic (exact) mass is 298 g/mol. The zero-order valence-electron chi connectivity index (χ0n) is 11.0. The number of nitrogens with zero attached hydrogens (tertiary/aromatic N) is 1. The highest BCUT2D eigenvalue weighted by atomic mass is 35.5. The van der Waals surface area contributed by atoms with Gasteiger partial charge in [-0.25, -0.2) is 0 Å². The summed E-state index contributed by atoms with van der Waals surface area (Å²) >= 11 is 5.94. The standard InChI is InChI=1S/C16H11ClN2O2/c17-13-8-12(6-5-11(13)9-18)19-16(20)15-7-10-3-1-2-4-14(10)21-15/h1-6,8,15H,7H2,(H,19,20). The molecule has 4 nitrogen and oxygen atoms in total. The Morgan fingerprint density at radius 3 is 2.86 bits per heavy atom. The fourth-order valence-corrected chi connectivity index (χ4v) is 2.46. The van der Waals surface area contributed by atoms with Crippen LogP contribution in [-0.4, -0.2) is 12.0 Å². The second kappa shape index (κ2) is 5.47. The van der Waals surface area contributed by atoms with Gasteiger partial charge < -0.3 is 10.1 Å². The minimum absolute atomic E-state index is 0.230. The topological polar surface area (TPSA) is 62.1 Å². The van der Waals surface area contributed by atoms with E-state index in [-0.39, 0.29) is 5.91 Å². The van der Waals surface area contributed by atoms with Gasteiger partial charge in [0.2, 0.25) is 0 Å². The number of anilines is 1. The zero-order valence-corrected chi connectivity index (χ0v) is 11.7. The molecule has 1 aliphatic heterocycles. The molecular weight excluding hydrogens is 288 g/mol. The van der Waals surface area contributed by atoms with E-state index in [9.17, 15) is 4.79 Å². The van der Waals surface area contributed by atoms with Gasteiger partial charge in [-0.05, 0) is 29.8 Å². The first kappa shape index (κ1) is 13.5. The van der Waals surface area contributed by atoms with Crippen LogP contribution in [0.15, 0.2) is 42.5 Å². The van der Waals surface area contributed by atoms with Gasteiger partial charge in [0.25, 0.3) is 5.91 Å². The molecule has 1 amide bonds. The van der Waals surface area contributed by atoms with Crippen molar-refractivity contribution in [3.8, 4) is 11.8 Å². The van der Waals surface area contributed by atoms with Gasteiger partial charge in [0.05, 0.1) is 10.6 Å². The molecule has 0 bridgehead atoms. The van der Waals surface area contributed by atoms with Crippen molar-refractivity contribution >= 4 is 23.2 Å². The van der Waals surface area contributed by atoms with Crippen LogP contribution in [0.5, 0.6) is 5.75 Å². The van der Waals surface area contributed by atoms with E-state index in [1.165, 1.54) is 0 Å². The van der Waals surface area contributed by atoms with Crippen molar-refractivity contribution < 1.29 is 9.53 Å². The quantitative estimate of drug-likeness (QED) is 0.926. The molecule has 5 heteroatoms. The van der Waals surface area contributed by atoms with Gasteiger partial charge in [-0.1, -0.05) is 29.8 Å². The number of hydrogen-bond acceptors (Lipinski definition) is 3. The van der Waals surface area contributed by atoms with E-state index in [0.717, 1.165) is 11.3 Å². The molecule has 1 heterocycles. The Bertz CT molecular complexity index is 727. The maximum Gasteiger partial charge on any atom is 0.265 e. The van der Waals surface area contributed by atoms with Crippen LogP contribution in [0.1, 0.15) is 11.1 Å². The number of carbonyl (C=O) groups excluding carboxylic acids is 1. The number of nitrogens with one attached hydrogen (secondary N) is 1. The molecule has 2 aromatic carbocycles. The van der Waals surface area contributed by atoms with Crippen LogP contribution >= 0.6 is 11.6 Å². The van der Waals surface area contributed by atoms with E-state index in [4.69, 9.17) is 21.6 Å². The van der Waals surface area contributed by atoms with Crippen molar-refractivity contribution in [2.45, 2.75) is 12.5 Å². The molecule has 0 radical (unpaired) electrons. The number of benzene rings is 2. The number of amides is 1. The summed E-state index contributed by atoms with van der Waals surface area (Å²) in [4.78, 5) is 12.2. The summed E-state index contributed by atoms with van der Waals surface area (Å²) in [5.41, 5.74) is 1.94. The molecule has 1 aliphatic rings. The molecule has 0 fully saturated rings. The molecule has 3 rings (SSSR count). The summed E-state index contributed by atoms with van der Waals surface area (Å²) < 4.78 is 5.62. The predicted molar refractivity (Wildman–Crippen MR) is 79.4 cm³/mol. The summed E-state index contributed by atoms with van der Waals surface area (Å²) in [6, 6.07) is 14.3. The number of fused-ring (bicyclic) bond motifs is 1. The molecule has 0 saturated carbocycles. The predicted octanol–water partition coefficient (Wildman–Crippen LogP) is 3.15. The molecule has 0 spiro atoms. The first-order valence-corrected chi connectivity index (χ1v) is 6.80. The lowest BCUT2D eigenvalue weighted by Crippen LogP contribution is -2.31. The van der Waals surface area contributed by atoms with Gasteiger partial charge in [-0.2, -0.15) is 5.26 Å². The van der Waals surface area contributed by atoms with Gasteiger partial charge in [-0.15, -0.1) is 0 Å². The third kappa shape index (κ3) is 2.69. The third-order valence-corrected chi connectivity index (χ3v) is 3.61. The normalized spacial score (nSPS) is 15.7. The molecule has 21 heavy (non-hydrogen) atoms. The smallest absolute Gasteiger partial charge is 0.265 e. The summed E-state index contributed by atoms with van der Waals surface area (Å²) in [5, 5.41) is 11.9. The van der Waals surface area contributed by atoms with E-state index < -0.39 is 6.10 Å². The molecule has 1 atom stereocenters. The summed E-state index contributed by atoms with van der Waals surface area (Å²) in [7, 11) is 0. The number of nitriles is 1. The molecule has 1 unspecified atom stereocenters. The van der Waals surface area contributed by atoms with Gasteiger partial charge in [0.1, 0.15) is 11.8 Å². The van der Waals surface area contributed by atoms with Crippen molar-refractivity contribution in [3.05, 3.63) is 58.6 Å². The largest absolute Gasteiger partial charge is 0.480 e. The van der Waals surface area contributed by atoms with Gasteiger partial charge >= 0.3 is 0 Å². The number of para-hydroxylation sites is 1. The molecule has 1 N–H and O–H groups in total. The van der Waals surface area contributed by atoms with Crippen LogP contribution in [0.25, 0.3) is 0 Å². The van der Waals surface area contributed by atoms with Crippen molar-refractivity contribution in [1.29, 1.82) is 5.26 Å². The lowest BCUT2D eigenvalue weighted by Gasteiger charge is -2.11. The van der Waals surface area contributed by atoms with Gasteiger partial charge in [0.15, 0.2) is 6.10 Å². The molecular formula is C16H11ClN2O2. The number of hydrogen-bond donors (Lipinski definition) is 1. The zero-order chi connectivity index (χ0) is 14.8. The lowest BCUT2D eigenvalue weighted by atomic mass is 10.1. The molecule has 0 aliphatic carbocycles. The first-order valence-electron chi connectivity index (χ1n) is 6.42. The molecule has 0 aromatic heterocycles. The fraction of sp³-hybridized carbons (Fsp3) is 0.125. The summed E-state index contributed by atoms with van der Waals surface area (Å²) in [6.07, 6.45) is 0.00302. The summed E-state index contributed by atoms with van der Waals surface area (Å²) in [6.45, 7) is 0. The van der Waals surface area contributed by atoms with E-state index in [1.807, 2.05) is 30.3 Å². The fourth-order valence-electron chi connectivity index (χ4n) is 2.23. The number of ether oxygens (including phenoxy) is 1. The Hall–Kier alpha value is -2.51. The Morgan fingerprint density at radius 2 is 2.14 bits per heavy atom. The van der Waals surface area contributed by atoms with Gasteiger partial charge in [-0.3, -0.25) is 4.79 Å². The molecule has 2 aromatic rings. The minimum Gasteiger partial charge on any atom is -0.480 e. The Kier molecular flexibility index (Phi) is 3.51. The van der Waals surface area contributed by atoms with E-state index >= 15 is 0 Å².